The summed E-state index contributed by atoms with van der Waals surface area (Å²) in [6.45, 7) is 2.39. The molecule has 2 unspecified atom stereocenters. The van der Waals surface area contributed by atoms with Crippen LogP contribution < -0.4 is 18.9 Å². The summed E-state index contributed by atoms with van der Waals surface area (Å²) >= 11 is 0. The van der Waals surface area contributed by atoms with Gasteiger partial charge < -0.3 is 28.4 Å². The van der Waals surface area contributed by atoms with Gasteiger partial charge in [0.25, 0.3) is 0 Å². The van der Waals surface area contributed by atoms with Gasteiger partial charge in [0.2, 0.25) is 0 Å². The third-order valence-corrected chi connectivity index (χ3v) is 5.11. The highest BCUT2D eigenvalue weighted by Crippen LogP contribution is 2.29. The molecule has 2 atom stereocenters. The summed E-state index contributed by atoms with van der Waals surface area (Å²) < 4.78 is 32.3. The second-order valence-electron chi connectivity index (χ2n) is 7.81. The molecule has 0 spiro atoms. The Kier molecular flexibility index (Phi) is 6.42. The van der Waals surface area contributed by atoms with Crippen molar-refractivity contribution in [1.29, 1.82) is 0 Å². The van der Waals surface area contributed by atoms with Crippen molar-refractivity contribution in [2.45, 2.75) is 12.2 Å². The van der Waals surface area contributed by atoms with Crippen LogP contribution in [-0.4, -0.2) is 50.6 Å². The standard InChI is InChI=1S/C26H22O8/c27-25(17-5-9-19(10-6-17)29-13-21-15-31-21)33-23-3-1-2-4-24(23)34-26(28)18-7-11-20(12-8-18)30-14-22-16-32-22/h1-12,21-22H,13-16H2. The zero-order chi connectivity index (χ0) is 23.3. The van der Waals surface area contributed by atoms with Gasteiger partial charge in [-0.15, -0.1) is 0 Å². The number of hydrogen-bond acceptors (Lipinski definition) is 8. The molecule has 0 radical (unpaired) electrons. The Hall–Kier alpha value is -3.88. The van der Waals surface area contributed by atoms with Crippen LogP contribution in [0.5, 0.6) is 23.0 Å². The van der Waals surface area contributed by atoms with Gasteiger partial charge in [0.05, 0.1) is 24.3 Å². The topological polar surface area (TPSA) is 96.1 Å². The van der Waals surface area contributed by atoms with Crippen LogP contribution in [0.25, 0.3) is 0 Å². The van der Waals surface area contributed by atoms with Crippen molar-refractivity contribution in [3.8, 4) is 23.0 Å². The molecule has 3 aromatic rings. The fourth-order valence-electron chi connectivity index (χ4n) is 3.02. The first kappa shape index (κ1) is 21.9. The molecular weight excluding hydrogens is 440 g/mol. The van der Waals surface area contributed by atoms with Gasteiger partial charge in [0.15, 0.2) is 11.5 Å². The number of carbonyl (C=O) groups is 2. The van der Waals surface area contributed by atoms with E-state index in [-0.39, 0.29) is 23.7 Å². The number of esters is 2. The highest BCUT2D eigenvalue weighted by molar-refractivity contribution is 5.93. The number of ether oxygens (including phenoxy) is 6. The number of epoxide rings is 2. The normalized spacial score (nSPS) is 18.0. The molecule has 174 valence electrons. The lowest BCUT2D eigenvalue weighted by Gasteiger charge is -2.11. The van der Waals surface area contributed by atoms with Crippen LogP contribution in [0.3, 0.4) is 0 Å². The molecule has 2 saturated heterocycles. The maximum atomic E-state index is 12.6. The minimum atomic E-state index is -0.582. The molecule has 0 aliphatic carbocycles. The Morgan fingerprint density at radius 3 is 1.38 bits per heavy atom. The summed E-state index contributed by atoms with van der Waals surface area (Å²) in [6.07, 6.45) is 0.301. The molecule has 2 aliphatic rings. The summed E-state index contributed by atoms with van der Waals surface area (Å²) in [5.41, 5.74) is 0.673. The van der Waals surface area contributed by atoms with E-state index in [0.717, 1.165) is 0 Å². The van der Waals surface area contributed by atoms with Crippen molar-refractivity contribution in [3.05, 3.63) is 83.9 Å². The number of para-hydroxylation sites is 2. The quantitative estimate of drug-likeness (QED) is 0.256. The van der Waals surface area contributed by atoms with Gasteiger partial charge in [0, 0.05) is 0 Å². The predicted octanol–water partition coefficient (Wildman–Crippen LogP) is 3.68. The second-order valence-corrected chi connectivity index (χ2v) is 7.81. The fourth-order valence-corrected chi connectivity index (χ4v) is 3.02. The number of carbonyl (C=O) groups excluding carboxylic acids is 2. The Morgan fingerprint density at radius 2 is 1.03 bits per heavy atom. The molecule has 2 heterocycles. The first-order valence-electron chi connectivity index (χ1n) is 10.9. The van der Waals surface area contributed by atoms with Crippen LogP contribution in [0.2, 0.25) is 0 Å². The van der Waals surface area contributed by atoms with E-state index in [0.29, 0.717) is 49.1 Å². The van der Waals surface area contributed by atoms with Gasteiger partial charge in [-0.3, -0.25) is 0 Å². The van der Waals surface area contributed by atoms with E-state index in [2.05, 4.69) is 0 Å². The number of hydrogen-bond donors (Lipinski definition) is 0. The summed E-state index contributed by atoms with van der Waals surface area (Å²) in [6, 6.07) is 19.7. The molecule has 0 aromatic heterocycles. The van der Waals surface area contributed by atoms with Crippen LogP contribution in [-0.2, 0) is 9.47 Å². The van der Waals surface area contributed by atoms with Gasteiger partial charge in [-0.2, -0.15) is 0 Å². The number of benzene rings is 3. The average molecular weight is 462 g/mol. The van der Waals surface area contributed by atoms with E-state index < -0.39 is 11.9 Å². The van der Waals surface area contributed by atoms with Crippen molar-refractivity contribution >= 4 is 11.9 Å². The van der Waals surface area contributed by atoms with Crippen molar-refractivity contribution < 1.29 is 38.0 Å². The highest BCUT2D eigenvalue weighted by atomic mass is 16.6. The minimum Gasteiger partial charge on any atom is -0.491 e. The monoisotopic (exact) mass is 462 g/mol. The third kappa shape index (κ3) is 5.92. The van der Waals surface area contributed by atoms with Crippen LogP contribution >= 0.6 is 0 Å². The lowest BCUT2D eigenvalue weighted by atomic mass is 10.2. The molecule has 2 aliphatic heterocycles. The predicted molar refractivity (Wildman–Crippen MR) is 120 cm³/mol. The van der Waals surface area contributed by atoms with Crippen LogP contribution in [0.15, 0.2) is 72.8 Å². The maximum Gasteiger partial charge on any atom is 0.343 e. The van der Waals surface area contributed by atoms with Crippen molar-refractivity contribution in [2.24, 2.45) is 0 Å². The summed E-state index contributed by atoms with van der Waals surface area (Å²) in [5.74, 6) is 0.383. The Bertz CT molecular complexity index is 1060. The molecule has 0 bridgehead atoms. The largest absolute Gasteiger partial charge is 0.491 e. The van der Waals surface area contributed by atoms with E-state index in [9.17, 15) is 9.59 Å². The van der Waals surface area contributed by atoms with E-state index in [1.165, 1.54) is 0 Å². The molecule has 8 nitrogen and oxygen atoms in total. The number of rotatable bonds is 10. The first-order valence-corrected chi connectivity index (χ1v) is 10.9. The maximum absolute atomic E-state index is 12.6. The minimum absolute atomic E-state index is 0.136. The molecule has 0 N–H and O–H groups in total. The third-order valence-electron chi connectivity index (χ3n) is 5.11. The zero-order valence-electron chi connectivity index (χ0n) is 18.2. The Morgan fingerprint density at radius 1 is 0.647 bits per heavy atom. The van der Waals surface area contributed by atoms with Gasteiger partial charge in [0.1, 0.15) is 36.9 Å². The van der Waals surface area contributed by atoms with Crippen LogP contribution in [0.1, 0.15) is 20.7 Å². The van der Waals surface area contributed by atoms with Gasteiger partial charge in [-0.05, 0) is 60.7 Å². The SMILES string of the molecule is O=C(Oc1ccccc1OC(=O)c1ccc(OCC2CO2)cc1)c1ccc(OCC2CO2)cc1. The highest BCUT2D eigenvalue weighted by Gasteiger charge is 2.24. The molecule has 2 fully saturated rings. The van der Waals surface area contributed by atoms with Crippen molar-refractivity contribution in [2.75, 3.05) is 26.4 Å². The molecule has 0 amide bonds. The Labute approximate surface area is 195 Å². The van der Waals surface area contributed by atoms with E-state index in [1.54, 1.807) is 72.8 Å². The molecular formula is C26H22O8. The van der Waals surface area contributed by atoms with E-state index in [1.807, 2.05) is 0 Å². The van der Waals surface area contributed by atoms with Gasteiger partial charge in [-0.1, -0.05) is 12.1 Å². The molecule has 34 heavy (non-hydrogen) atoms. The molecule has 8 heteroatoms. The molecule has 3 aromatic carbocycles. The fraction of sp³-hybridized carbons (Fsp3) is 0.231. The zero-order valence-corrected chi connectivity index (χ0v) is 18.2. The van der Waals surface area contributed by atoms with Gasteiger partial charge >= 0.3 is 11.9 Å². The smallest absolute Gasteiger partial charge is 0.343 e. The summed E-state index contributed by atoms with van der Waals surface area (Å²) in [4.78, 5) is 25.2. The molecule has 5 rings (SSSR count). The van der Waals surface area contributed by atoms with Crippen LogP contribution in [0.4, 0.5) is 0 Å². The lowest BCUT2D eigenvalue weighted by molar-refractivity contribution is 0.0682. The molecule has 0 saturated carbocycles. The average Bonchev–Trinajstić information content (AvgIpc) is 3.79. The van der Waals surface area contributed by atoms with Crippen molar-refractivity contribution in [3.63, 3.8) is 0 Å². The Balaban J connectivity index is 1.19. The van der Waals surface area contributed by atoms with E-state index >= 15 is 0 Å². The lowest BCUT2D eigenvalue weighted by Crippen LogP contribution is -2.12. The second kappa shape index (κ2) is 9.94. The van der Waals surface area contributed by atoms with E-state index in [4.69, 9.17) is 28.4 Å². The van der Waals surface area contributed by atoms with Crippen molar-refractivity contribution in [1.82, 2.24) is 0 Å². The summed E-state index contributed by atoms with van der Waals surface area (Å²) in [5, 5.41) is 0. The first-order chi connectivity index (χ1) is 16.6. The van der Waals surface area contributed by atoms with Gasteiger partial charge in [-0.25, -0.2) is 9.59 Å². The summed E-state index contributed by atoms with van der Waals surface area (Å²) in [7, 11) is 0. The van der Waals surface area contributed by atoms with Crippen LogP contribution in [0, 0.1) is 0 Å².